The van der Waals surface area contributed by atoms with Crippen LogP contribution in [0.1, 0.15) is 112 Å². The molecular weight excluding hydrogens is 676 g/mol. The first kappa shape index (κ1) is 39.3. The van der Waals surface area contributed by atoms with Gasteiger partial charge >= 0.3 is 5.97 Å². The highest BCUT2D eigenvalue weighted by Crippen LogP contribution is 2.48. The standard InChI is InChI=1S/C43H64O10/c1-25-19-34-41(45)50-33-21-32(52-42(23-33)18-17-28(4)40(53-42)30-12-8-7-9-13-30)16-15-27(3)39(51-37-22-35(47-6)38(44)29(5)49-37)26(2)11-10-14-31-24-48-36(20-25)43(31,34)46/h10-11,14-15,19,26,28-30,32-40,44,46H,7-9,12-13,16-18,20-24H2,1-6H3/t26-,28-,29-,32+,33-,34-,35-,36+,37?,38?,39-,40-,42+,43+/m0/s1. The monoisotopic (exact) mass is 740 g/mol. The summed E-state index contributed by atoms with van der Waals surface area (Å²) in [6.07, 6.45) is 16.8. The summed E-state index contributed by atoms with van der Waals surface area (Å²) in [5.74, 6) is -1.29. The summed E-state index contributed by atoms with van der Waals surface area (Å²) in [5.41, 5.74) is 1.19. The van der Waals surface area contributed by atoms with Crippen LogP contribution in [0.4, 0.5) is 0 Å². The molecule has 0 aromatic heterocycles. The Hall–Kier alpha value is -1.89. The lowest BCUT2D eigenvalue weighted by Gasteiger charge is -2.51. The van der Waals surface area contributed by atoms with Crippen molar-refractivity contribution >= 4 is 5.97 Å². The van der Waals surface area contributed by atoms with Crippen LogP contribution in [-0.4, -0.2) is 96.4 Å². The Kier molecular flexibility index (Phi) is 12.1. The summed E-state index contributed by atoms with van der Waals surface area (Å²) in [6.45, 7) is 10.6. The van der Waals surface area contributed by atoms with Gasteiger partial charge in [-0.15, -0.1) is 0 Å². The molecule has 2 N–H and O–H groups in total. The molecule has 1 spiro atoms. The van der Waals surface area contributed by atoms with Crippen molar-refractivity contribution in [2.75, 3.05) is 13.7 Å². The molecule has 14 atom stereocenters. The molecule has 10 heteroatoms. The molecule has 53 heavy (non-hydrogen) atoms. The van der Waals surface area contributed by atoms with Crippen molar-refractivity contribution in [2.45, 2.75) is 178 Å². The molecule has 0 aromatic rings. The highest BCUT2D eigenvalue weighted by atomic mass is 16.7. The van der Waals surface area contributed by atoms with Gasteiger partial charge in [-0.1, -0.05) is 69.1 Å². The number of fused-ring (bicyclic) bond motifs is 2. The zero-order chi connectivity index (χ0) is 37.5. The van der Waals surface area contributed by atoms with Crippen LogP contribution in [0.5, 0.6) is 0 Å². The van der Waals surface area contributed by atoms with E-state index in [0.29, 0.717) is 49.5 Å². The van der Waals surface area contributed by atoms with Gasteiger partial charge in [0.15, 0.2) is 12.1 Å². The third kappa shape index (κ3) is 8.18. The number of carbonyl (C=O) groups excluding carboxylic acids is 1. The summed E-state index contributed by atoms with van der Waals surface area (Å²) < 4.78 is 45.3. The lowest BCUT2D eigenvalue weighted by atomic mass is 9.72. The van der Waals surface area contributed by atoms with Crippen molar-refractivity contribution in [3.8, 4) is 0 Å². The number of rotatable bonds is 4. The van der Waals surface area contributed by atoms with Crippen LogP contribution in [-0.2, 0) is 38.0 Å². The molecule has 0 radical (unpaired) electrons. The van der Waals surface area contributed by atoms with E-state index < -0.39 is 60.1 Å². The van der Waals surface area contributed by atoms with E-state index in [2.05, 4.69) is 32.9 Å². The Morgan fingerprint density at radius 2 is 1.79 bits per heavy atom. The fraction of sp³-hybridized carbons (Fsp3) is 0.791. The lowest BCUT2D eigenvalue weighted by molar-refractivity contribution is -0.342. The van der Waals surface area contributed by atoms with Gasteiger partial charge in [-0.25, -0.2) is 0 Å². The highest BCUT2D eigenvalue weighted by molar-refractivity contribution is 5.78. The molecule has 5 fully saturated rings. The van der Waals surface area contributed by atoms with Gasteiger partial charge in [0, 0.05) is 38.7 Å². The van der Waals surface area contributed by atoms with Gasteiger partial charge in [0.25, 0.3) is 0 Å². The quantitative estimate of drug-likeness (QED) is 0.240. The van der Waals surface area contributed by atoms with E-state index in [1.165, 1.54) is 32.1 Å². The summed E-state index contributed by atoms with van der Waals surface area (Å²) >= 11 is 0. The normalized spacial score (nSPS) is 45.9. The molecular formula is C43H64O10. The summed E-state index contributed by atoms with van der Waals surface area (Å²) in [6, 6.07) is 0. The average Bonchev–Trinajstić information content (AvgIpc) is 3.46. The molecule has 5 heterocycles. The first-order valence-corrected chi connectivity index (χ1v) is 20.5. The molecule has 5 aliphatic heterocycles. The predicted octanol–water partition coefficient (Wildman–Crippen LogP) is 6.63. The van der Waals surface area contributed by atoms with Gasteiger partial charge in [0.05, 0.1) is 43.2 Å². The average molecular weight is 741 g/mol. The fourth-order valence-corrected chi connectivity index (χ4v) is 10.4. The van der Waals surface area contributed by atoms with Gasteiger partial charge in [-0.05, 0) is 75.9 Å². The van der Waals surface area contributed by atoms with Crippen LogP contribution in [0.2, 0.25) is 0 Å². The van der Waals surface area contributed by atoms with E-state index in [0.717, 1.165) is 24.0 Å². The van der Waals surface area contributed by atoms with Crippen LogP contribution < -0.4 is 0 Å². The second kappa shape index (κ2) is 16.3. The maximum atomic E-state index is 14.3. The van der Waals surface area contributed by atoms with E-state index >= 15 is 0 Å². The van der Waals surface area contributed by atoms with Gasteiger partial charge in [-0.2, -0.15) is 0 Å². The molecule has 10 nitrogen and oxygen atoms in total. The molecule has 0 amide bonds. The maximum Gasteiger partial charge on any atom is 0.316 e. The van der Waals surface area contributed by atoms with E-state index in [1.807, 2.05) is 32.1 Å². The molecule has 0 aromatic carbocycles. The molecule has 7 rings (SSSR count). The zero-order valence-corrected chi connectivity index (χ0v) is 32.7. The molecule has 4 saturated heterocycles. The third-order valence-electron chi connectivity index (χ3n) is 13.5. The van der Waals surface area contributed by atoms with Crippen LogP contribution in [0.3, 0.4) is 0 Å². The number of carbonyl (C=O) groups is 1. The van der Waals surface area contributed by atoms with Gasteiger partial charge in [0.1, 0.15) is 23.7 Å². The second-order valence-corrected chi connectivity index (χ2v) is 17.4. The SMILES string of the molecule is CO[C@H]1CC(O[C@@H]2C(C)=CC[C@@H]3C[C@@H](C[C@]4(CC[C@H](C)[C@@H](C5CCCCC5)O4)O3)OC(=O)[C@@H]3C=C(C)C[C@H]4OCC(=CC=C[C@@H]2C)[C@]43O)O[C@@H](C)C1O. The van der Waals surface area contributed by atoms with Crippen LogP contribution in [0.15, 0.2) is 47.1 Å². The minimum atomic E-state index is -1.51. The van der Waals surface area contributed by atoms with E-state index in [-0.39, 0.29) is 30.8 Å². The predicted molar refractivity (Wildman–Crippen MR) is 199 cm³/mol. The van der Waals surface area contributed by atoms with Crippen molar-refractivity contribution in [1.82, 2.24) is 0 Å². The van der Waals surface area contributed by atoms with Crippen molar-refractivity contribution in [3.05, 3.63) is 47.1 Å². The van der Waals surface area contributed by atoms with Gasteiger partial charge in [0.2, 0.25) is 0 Å². The van der Waals surface area contributed by atoms with Crippen molar-refractivity contribution < 1.29 is 48.2 Å². The van der Waals surface area contributed by atoms with Gasteiger partial charge in [-0.3, -0.25) is 4.79 Å². The number of esters is 1. The Balaban J connectivity index is 1.22. The number of aliphatic hydroxyl groups excluding tert-OH is 1. The Labute approximate surface area is 316 Å². The zero-order valence-electron chi connectivity index (χ0n) is 32.7. The molecule has 2 bridgehead atoms. The number of ether oxygens (including phenoxy) is 7. The molecule has 2 aliphatic carbocycles. The number of aliphatic hydroxyl groups is 2. The largest absolute Gasteiger partial charge is 0.462 e. The lowest BCUT2D eigenvalue weighted by Crippen LogP contribution is -2.56. The van der Waals surface area contributed by atoms with E-state index in [1.54, 1.807) is 7.11 Å². The van der Waals surface area contributed by atoms with Crippen molar-refractivity contribution in [2.24, 2.45) is 23.7 Å². The van der Waals surface area contributed by atoms with Crippen LogP contribution >= 0.6 is 0 Å². The number of hydrogen-bond donors (Lipinski definition) is 2. The van der Waals surface area contributed by atoms with Crippen LogP contribution in [0.25, 0.3) is 0 Å². The first-order chi connectivity index (χ1) is 25.4. The number of methoxy groups -OCH3 is 1. The second-order valence-electron chi connectivity index (χ2n) is 17.4. The van der Waals surface area contributed by atoms with Crippen molar-refractivity contribution in [3.63, 3.8) is 0 Å². The van der Waals surface area contributed by atoms with E-state index in [9.17, 15) is 15.0 Å². The minimum Gasteiger partial charge on any atom is -0.462 e. The molecule has 1 saturated carbocycles. The Morgan fingerprint density at radius 3 is 2.57 bits per heavy atom. The smallest absolute Gasteiger partial charge is 0.316 e. The molecule has 296 valence electrons. The van der Waals surface area contributed by atoms with E-state index in [4.69, 9.17) is 33.2 Å². The van der Waals surface area contributed by atoms with Crippen LogP contribution in [0, 0.1) is 23.7 Å². The maximum absolute atomic E-state index is 14.3. The Bertz CT molecular complexity index is 1430. The first-order valence-electron chi connectivity index (χ1n) is 20.5. The number of hydrogen-bond acceptors (Lipinski definition) is 10. The van der Waals surface area contributed by atoms with Crippen molar-refractivity contribution in [1.29, 1.82) is 0 Å². The molecule has 2 unspecified atom stereocenters. The summed E-state index contributed by atoms with van der Waals surface area (Å²) in [4.78, 5) is 14.3. The summed E-state index contributed by atoms with van der Waals surface area (Å²) in [7, 11) is 1.61. The number of allylic oxidation sites excluding steroid dienone is 2. The highest BCUT2D eigenvalue weighted by Gasteiger charge is 2.57. The third-order valence-corrected chi connectivity index (χ3v) is 13.5. The van der Waals surface area contributed by atoms with Gasteiger partial charge < -0.3 is 43.4 Å². The topological polar surface area (TPSA) is 122 Å². The minimum absolute atomic E-state index is 0.0874. The Morgan fingerprint density at radius 1 is 1.00 bits per heavy atom. The fourth-order valence-electron chi connectivity index (χ4n) is 10.4. The summed E-state index contributed by atoms with van der Waals surface area (Å²) in [5, 5.41) is 23.1. The molecule has 7 aliphatic rings.